The average molecular weight is 507 g/mol. The highest BCUT2D eigenvalue weighted by molar-refractivity contribution is 6.07. The molecule has 1 saturated heterocycles. The number of benzene rings is 1. The maximum absolute atomic E-state index is 14.0. The van der Waals surface area contributed by atoms with E-state index in [4.69, 9.17) is 14.5 Å². The molecule has 2 aliphatic heterocycles. The summed E-state index contributed by atoms with van der Waals surface area (Å²) in [4.78, 5) is 27.3. The number of hydrogen-bond donors (Lipinski definition) is 0. The molecule has 1 fully saturated rings. The van der Waals surface area contributed by atoms with Crippen molar-refractivity contribution in [3.63, 3.8) is 0 Å². The number of carbonyl (C=O) groups excluding carboxylic acids is 1. The van der Waals surface area contributed by atoms with E-state index in [1.807, 2.05) is 42.2 Å². The summed E-state index contributed by atoms with van der Waals surface area (Å²) >= 11 is 0. The van der Waals surface area contributed by atoms with Gasteiger partial charge in [0.1, 0.15) is 18.8 Å². The van der Waals surface area contributed by atoms with Crippen LogP contribution in [-0.2, 0) is 9.47 Å². The Morgan fingerprint density at radius 2 is 1.87 bits per heavy atom. The largest absolute Gasteiger partial charge is 0.466 e. The van der Waals surface area contributed by atoms with E-state index >= 15 is 0 Å². The summed E-state index contributed by atoms with van der Waals surface area (Å²) in [5, 5.41) is 0.886. The van der Waals surface area contributed by atoms with Crippen LogP contribution in [0.5, 0.6) is 0 Å². The van der Waals surface area contributed by atoms with Gasteiger partial charge in [0.15, 0.2) is 5.76 Å². The molecule has 7 heteroatoms. The van der Waals surface area contributed by atoms with Gasteiger partial charge in [-0.2, -0.15) is 0 Å². The summed E-state index contributed by atoms with van der Waals surface area (Å²) in [5.41, 5.74) is 5.62. The summed E-state index contributed by atoms with van der Waals surface area (Å²) < 4.78 is 11.3. The lowest BCUT2D eigenvalue weighted by atomic mass is 9.94. The number of amides is 1. The molecule has 1 aliphatic carbocycles. The summed E-state index contributed by atoms with van der Waals surface area (Å²) in [7, 11) is 0. The zero-order chi connectivity index (χ0) is 25.9. The first kappa shape index (κ1) is 24.1. The van der Waals surface area contributed by atoms with Gasteiger partial charge in [-0.05, 0) is 55.7 Å². The monoisotopic (exact) mass is 506 g/mol. The number of nitrogens with zero attached hydrogens (tertiary/aromatic N) is 4. The van der Waals surface area contributed by atoms with Crippen LogP contribution in [0.4, 0.5) is 0 Å². The second-order valence-electron chi connectivity index (χ2n) is 9.80. The van der Waals surface area contributed by atoms with Crippen LogP contribution in [0.15, 0.2) is 97.1 Å². The summed E-state index contributed by atoms with van der Waals surface area (Å²) in [6.45, 7) is 4.77. The molecule has 1 amide bonds. The molecule has 1 unspecified atom stereocenters. The third-order valence-corrected chi connectivity index (χ3v) is 7.33. The minimum absolute atomic E-state index is 0.00940. The van der Waals surface area contributed by atoms with E-state index in [9.17, 15) is 4.79 Å². The maximum Gasteiger partial charge on any atom is 0.254 e. The van der Waals surface area contributed by atoms with Gasteiger partial charge in [0.25, 0.3) is 5.91 Å². The molecule has 1 aromatic carbocycles. The third-order valence-electron chi connectivity index (χ3n) is 7.33. The molecule has 7 nitrogen and oxygen atoms in total. The third kappa shape index (κ3) is 4.85. The van der Waals surface area contributed by atoms with E-state index in [1.54, 1.807) is 24.9 Å². The number of pyridine rings is 2. The number of piperazine rings is 1. The van der Waals surface area contributed by atoms with Crippen molar-refractivity contribution in [1.82, 2.24) is 19.8 Å². The van der Waals surface area contributed by atoms with Crippen LogP contribution in [0.1, 0.15) is 28.8 Å². The number of hydrogen-bond acceptors (Lipinski definition) is 6. The molecule has 0 saturated carbocycles. The van der Waals surface area contributed by atoms with Gasteiger partial charge in [0.05, 0.1) is 22.8 Å². The lowest BCUT2D eigenvalue weighted by Crippen LogP contribution is -2.53. The molecule has 38 heavy (non-hydrogen) atoms. The van der Waals surface area contributed by atoms with Crippen LogP contribution in [-0.4, -0.2) is 57.9 Å². The number of fused-ring (bicyclic) bond motifs is 1. The molecule has 0 spiro atoms. The zero-order valence-electron chi connectivity index (χ0n) is 21.4. The number of aryl methyl sites for hydroxylation is 1. The molecular formula is C31H30N4O3. The van der Waals surface area contributed by atoms with Crippen LogP contribution in [0.2, 0.25) is 0 Å². The molecule has 1 atom stereocenters. The Labute approximate surface area is 222 Å². The van der Waals surface area contributed by atoms with Gasteiger partial charge in [0, 0.05) is 49.5 Å². The SMILES string of the molecule is Cc1ccc2nc(-c3ccncc3)cc(C(=O)N3CCN(C(C4=CC=CCC4)C4=COC=CO4)CC3)c2c1. The number of aromatic nitrogens is 2. The Kier molecular flexibility index (Phi) is 6.75. The van der Waals surface area contributed by atoms with E-state index in [0.29, 0.717) is 18.7 Å². The van der Waals surface area contributed by atoms with Crippen LogP contribution >= 0.6 is 0 Å². The van der Waals surface area contributed by atoms with Crippen LogP contribution in [0.3, 0.4) is 0 Å². The number of ether oxygens (including phenoxy) is 2. The first-order chi connectivity index (χ1) is 18.7. The Morgan fingerprint density at radius 1 is 1.03 bits per heavy atom. The maximum atomic E-state index is 14.0. The Morgan fingerprint density at radius 3 is 2.61 bits per heavy atom. The van der Waals surface area contributed by atoms with Crippen LogP contribution in [0.25, 0.3) is 22.2 Å². The quantitative estimate of drug-likeness (QED) is 0.464. The Bertz CT molecular complexity index is 1470. The van der Waals surface area contributed by atoms with Crippen molar-refractivity contribution in [3.8, 4) is 11.3 Å². The average Bonchev–Trinajstić information content (AvgIpc) is 2.98. The number of carbonyl (C=O) groups is 1. The fourth-order valence-electron chi connectivity index (χ4n) is 5.39. The van der Waals surface area contributed by atoms with Crippen molar-refractivity contribution >= 4 is 16.8 Å². The van der Waals surface area contributed by atoms with Gasteiger partial charge in [-0.1, -0.05) is 29.9 Å². The molecule has 0 bridgehead atoms. The highest BCUT2D eigenvalue weighted by atomic mass is 16.5. The smallest absolute Gasteiger partial charge is 0.254 e. The fourth-order valence-corrected chi connectivity index (χ4v) is 5.39. The first-order valence-electron chi connectivity index (χ1n) is 13.1. The van der Waals surface area contributed by atoms with Crippen molar-refractivity contribution in [1.29, 1.82) is 0 Å². The molecule has 192 valence electrons. The minimum atomic E-state index is -0.00940. The first-order valence-corrected chi connectivity index (χ1v) is 13.1. The summed E-state index contributed by atoms with van der Waals surface area (Å²) in [6.07, 6.45) is 16.8. The summed E-state index contributed by atoms with van der Waals surface area (Å²) in [5.74, 6) is 0.820. The van der Waals surface area contributed by atoms with E-state index in [-0.39, 0.29) is 11.9 Å². The molecule has 2 aromatic heterocycles. The second kappa shape index (κ2) is 10.6. The predicted molar refractivity (Wildman–Crippen MR) is 147 cm³/mol. The molecule has 4 heterocycles. The second-order valence-corrected chi connectivity index (χ2v) is 9.80. The van der Waals surface area contributed by atoms with Crippen LogP contribution in [0, 0.1) is 6.92 Å². The topological polar surface area (TPSA) is 67.8 Å². The highest BCUT2D eigenvalue weighted by Gasteiger charge is 2.33. The van der Waals surface area contributed by atoms with Crippen molar-refractivity contribution in [2.45, 2.75) is 25.8 Å². The van der Waals surface area contributed by atoms with Gasteiger partial charge in [0.2, 0.25) is 0 Å². The lowest BCUT2D eigenvalue weighted by Gasteiger charge is -2.41. The Balaban J connectivity index is 1.27. The van der Waals surface area contributed by atoms with E-state index in [1.165, 1.54) is 11.8 Å². The molecular weight excluding hydrogens is 476 g/mol. The van der Waals surface area contributed by atoms with Crippen molar-refractivity contribution in [2.24, 2.45) is 0 Å². The Hall–Kier alpha value is -4.23. The highest BCUT2D eigenvalue weighted by Crippen LogP contribution is 2.30. The minimum Gasteiger partial charge on any atom is -0.466 e. The standard InChI is InChI=1S/C31H30N4O3/c1-22-7-8-27-25(19-22)26(20-28(33-27)23-9-11-32-12-10-23)31(36)35-15-13-34(14-16-35)30(24-5-3-2-4-6-24)29-21-37-17-18-38-29/h2-3,5,7-12,17-21,30H,4,6,13-16H2,1H3. The number of allylic oxidation sites excluding steroid dienone is 3. The lowest BCUT2D eigenvalue weighted by molar-refractivity contribution is 0.0575. The van der Waals surface area contributed by atoms with Crippen molar-refractivity contribution < 1.29 is 14.3 Å². The molecule has 0 radical (unpaired) electrons. The van der Waals surface area contributed by atoms with Gasteiger partial charge in [-0.3, -0.25) is 14.7 Å². The van der Waals surface area contributed by atoms with Crippen LogP contribution < -0.4 is 0 Å². The molecule has 3 aromatic rings. The van der Waals surface area contributed by atoms with E-state index in [0.717, 1.165) is 59.4 Å². The molecule has 6 rings (SSSR count). The fraction of sp³-hybridized carbons (Fsp3) is 0.258. The summed E-state index contributed by atoms with van der Waals surface area (Å²) in [6, 6.07) is 11.9. The van der Waals surface area contributed by atoms with Gasteiger partial charge >= 0.3 is 0 Å². The van der Waals surface area contributed by atoms with E-state index < -0.39 is 0 Å². The van der Waals surface area contributed by atoms with E-state index in [2.05, 4.69) is 34.2 Å². The molecule has 0 N–H and O–H groups in total. The van der Waals surface area contributed by atoms with Crippen molar-refractivity contribution in [2.75, 3.05) is 26.2 Å². The van der Waals surface area contributed by atoms with Gasteiger partial charge in [-0.15, -0.1) is 0 Å². The van der Waals surface area contributed by atoms with Crippen molar-refractivity contribution in [3.05, 3.63) is 108 Å². The molecule has 3 aliphatic rings. The predicted octanol–water partition coefficient (Wildman–Crippen LogP) is 5.37. The van der Waals surface area contributed by atoms with Gasteiger partial charge < -0.3 is 14.4 Å². The van der Waals surface area contributed by atoms with Gasteiger partial charge in [-0.25, -0.2) is 4.98 Å². The number of rotatable bonds is 5. The normalized spacial score (nSPS) is 18.4. The zero-order valence-corrected chi connectivity index (χ0v) is 21.4.